The van der Waals surface area contributed by atoms with Crippen LogP contribution in [-0.4, -0.2) is 26.1 Å². The average molecular weight is 289 g/mol. The Bertz CT molecular complexity index is 702. The minimum atomic E-state index is -0.243. The molecule has 20 heavy (non-hydrogen) atoms. The third kappa shape index (κ3) is 2.45. The smallest absolute Gasteiger partial charge is 0.271 e. The molecule has 0 radical (unpaired) electrons. The summed E-state index contributed by atoms with van der Waals surface area (Å²) in [4.78, 5) is 21.2. The third-order valence-electron chi connectivity index (χ3n) is 2.62. The van der Waals surface area contributed by atoms with Crippen molar-refractivity contribution in [1.82, 2.24) is 25.5 Å². The highest BCUT2D eigenvalue weighted by atomic mass is 32.1. The highest BCUT2D eigenvalue weighted by Crippen LogP contribution is 2.27. The molecule has 0 fully saturated rings. The van der Waals surface area contributed by atoms with Gasteiger partial charge >= 0.3 is 0 Å². The van der Waals surface area contributed by atoms with E-state index in [4.69, 9.17) is 4.42 Å². The Morgan fingerprint density at radius 2 is 2.45 bits per heavy atom. The van der Waals surface area contributed by atoms with Crippen LogP contribution in [0.15, 0.2) is 29.1 Å². The molecule has 7 nitrogen and oxygen atoms in total. The van der Waals surface area contributed by atoms with Crippen molar-refractivity contribution in [3.8, 4) is 10.8 Å². The van der Waals surface area contributed by atoms with Gasteiger partial charge in [-0.1, -0.05) is 0 Å². The van der Waals surface area contributed by atoms with Gasteiger partial charge in [0.05, 0.1) is 12.8 Å². The van der Waals surface area contributed by atoms with Crippen LogP contribution in [0.2, 0.25) is 0 Å². The van der Waals surface area contributed by atoms with Crippen molar-refractivity contribution in [2.45, 2.75) is 13.5 Å². The first-order valence-corrected chi connectivity index (χ1v) is 6.69. The van der Waals surface area contributed by atoms with E-state index in [2.05, 4.69) is 25.5 Å². The summed E-state index contributed by atoms with van der Waals surface area (Å²) in [6.07, 6.45) is 2.97. The quantitative estimate of drug-likeness (QED) is 0.762. The molecule has 0 aromatic carbocycles. The SMILES string of the molecule is Cc1sc(-c2ccco2)nc1C(=O)NCc1ncn[nH]1. The van der Waals surface area contributed by atoms with Gasteiger partial charge in [0.15, 0.2) is 10.8 Å². The lowest BCUT2D eigenvalue weighted by Crippen LogP contribution is -2.24. The summed E-state index contributed by atoms with van der Waals surface area (Å²) in [6.45, 7) is 2.14. The van der Waals surface area contributed by atoms with Gasteiger partial charge in [-0.15, -0.1) is 11.3 Å². The summed E-state index contributed by atoms with van der Waals surface area (Å²) in [7, 11) is 0. The molecule has 3 aromatic heterocycles. The molecule has 3 rings (SSSR count). The highest BCUT2D eigenvalue weighted by molar-refractivity contribution is 7.15. The first kappa shape index (κ1) is 12.5. The number of aromatic nitrogens is 4. The van der Waals surface area contributed by atoms with E-state index in [1.54, 1.807) is 12.3 Å². The molecular formula is C12H11N5O2S. The van der Waals surface area contributed by atoms with Crippen molar-refractivity contribution >= 4 is 17.2 Å². The van der Waals surface area contributed by atoms with Crippen LogP contribution in [0.25, 0.3) is 10.8 Å². The van der Waals surface area contributed by atoms with Crippen LogP contribution < -0.4 is 5.32 Å². The van der Waals surface area contributed by atoms with Crippen molar-refractivity contribution < 1.29 is 9.21 Å². The fourth-order valence-electron chi connectivity index (χ4n) is 1.68. The second-order valence-corrected chi connectivity index (χ2v) is 5.22. The second-order valence-electron chi connectivity index (χ2n) is 4.02. The molecule has 0 spiro atoms. The Labute approximate surface area is 118 Å². The summed E-state index contributed by atoms with van der Waals surface area (Å²) >= 11 is 1.42. The minimum Gasteiger partial charge on any atom is -0.462 e. The summed E-state index contributed by atoms with van der Waals surface area (Å²) < 4.78 is 5.28. The number of rotatable bonds is 4. The van der Waals surface area contributed by atoms with Gasteiger partial charge in [-0.25, -0.2) is 9.97 Å². The number of hydrogen-bond acceptors (Lipinski definition) is 6. The van der Waals surface area contributed by atoms with Crippen molar-refractivity contribution in [2.75, 3.05) is 0 Å². The topological polar surface area (TPSA) is 96.7 Å². The van der Waals surface area contributed by atoms with Crippen molar-refractivity contribution in [3.63, 3.8) is 0 Å². The molecule has 3 aromatic rings. The van der Waals surface area contributed by atoms with E-state index in [9.17, 15) is 4.79 Å². The summed E-state index contributed by atoms with van der Waals surface area (Å²) in [5.74, 6) is 1.01. The lowest BCUT2D eigenvalue weighted by Gasteiger charge is -2.00. The first-order chi connectivity index (χ1) is 9.74. The van der Waals surface area contributed by atoms with Crippen molar-refractivity contribution in [3.05, 3.63) is 41.1 Å². The van der Waals surface area contributed by atoms with Crippen LogP contribution in [0.1, 0.15) is 21.2 Å². The maximum Gasteiger partial charge on any atom is 0.271 e. The second kappa shape index (κ2) is 5.25. The van der Waals surface area contributed by atoms with Gasteiger partial charge in [-0.2, -0.15) is 5.10 Å². The third-order valence-corrected chi connectivity index (χ3v) is 3.61. The van der Waals surface area contributed by atoms with Crippen LogP contribution in [0.4, 0.5) is 0 Å². The number of furan rings is 1. The zero-order valence-corrected chi connectivity index (χ0v) is 11.4. The zero-order chi connectivity index (χ0) is 13.9. The molecule has 0 aliphatic heterocycles. The molecule has 0 saturated carbocycles. The van der Waals surface area contributed by atoms with Crippen LogP contribution in [-0.2, 0) is 6.54 Å². The number of aryl methyl sites for hydroxylation is 1. The van der Waals surface area contributed by atoms with Gasteiger partial charge in [-0.3, -0.25) is 9.89 Å². The largest absolute Gasteiger partial charge is 0.462 e. The maximum absolute atomic E-state index is 12.1. The fraction of sp³-hybridized carbons (Fsp3) is 0.167. The van der Waals surface area contributed by atoms with E-state index in [0.29, 0.717) is 22.3 Å². The van der Waals surface area contributed by atoms with E-state index in [1.807, 2.05) is 13.0 Å². The lowest BCUT2D eigenvalue weighted by molar-refractivity contribution is 0.0945. The molecule has 0 aliphatic rings. The highest BCUT2D eigenvalue weighted by Gasteiger charge is 2.17. The van der Waals surface area contributed by atoms with Gasteiger partial charge in [-0.05, 0) is 19.1 Å². The van der Waals surface area contributed by atoms with Crippen LogP contribution in [0.3, 0.4) is 0 Å². The Morgan fingerprint density at radius 3 is 3.15 bits per heavy atom. The number of thiazole rings is 1. The number of nitrogens with one attached hydrogen (secondary N) is 2. The molecule has 0 bridgehead atoms. The fourth-order valence-corrected chi connectivity index (χ4v) is 2.56. The Hall–Kier alpha value is -2.48. The van der Waals surface area contributed by atoms with E-state index in [-0.39, 0.29) is 12.5 Å². The van der Waals surface area contributed by atoms with E-state index < -0.39 is 0 Å². The molecule has 0 atom stereocenters. The number of carbonyl (C=O) groups excluding carboxylic acids is 1. The van der Waals surface area contributed by atoms with E-state index in [1.165, 1.54) is 17.7 Å². The summed E-state index contributed by atoms with van der Waals surface area (Å²) in [5.41, 5.74) is 0.404. The number of H-pyrrole nitrogens is 1. The molecule has 8 heteroatoms. The van der Waals surface area contributed by atoms with Crippen LogP contribution in [0.5, 0.6) is 0 Å². The standard InChI is InChI=1S/C12H11N5O2S/c1-7-10(11(18)13-5-9-14-6-15-17-9)16-12(20-7)8-3-2-4-19-8/h2-4,6H,5H2,1H3,(H,13,18)(H,14,15,17). The van der Waals surface area contributed by atoms with Gasteiger partial charge in [0, 0.05) is 4.88 Å². The molecular weight excluding hydrogens is 278 g/mol. The Morgan fingerprint density at radius 1 is 1.55 bits per heavy atom. The summed E-state index contributed by atoms with van der Waals surface area (Å²) in [6, 6.07) is 3.60. The van der Waals surface area contributed by atoms with E-state index in [0.717, 1.165) is 4.88 Å². The van der Waals surface area contributed by atoms with Gasteiger partial charge in [0.25, 0.3) is 5.91 Å². The Kier molecular flexibility index (Phi) is 3.30. The molecule has 3 heterocycles. The Balaban J connectivity index is 1.75. The van der Waals surface area contributed by atoms with Crippen LogP contribution in [0, 0.1) is 6.92 Å². The molecule has 0 aliphatic carbocycles. The lowest BCUT2D eigenvalue weighted by atomic mass is 10.3. The molecule has 2 N–H and O–H groups in total. The molecule has 1 amide bonds. The minimum absolute atomic E-state index is 0.243. The number of carbonyl (C=O) groups is 1. The van der Waals surface area contributed by atoms with Crippen molar-refractivity contribution in [2.24, 2.45) is 0 Å². The predicted molar refractivity (Wildman–Crippen MR) is 72.1 cm³/mol. The van der Waals surface area contributed by atoms with E-state index >= 15 is 0 Å². The zero-order valence-electron chi connectivity index (χ0n) is 10.6. The molecule has 102 valence electrons. The average Bonchev–Trinajstić information content (AvgIpc) is 3.17. The monoisotopic (exact) mass is 289 g/mol. The number of amides is 1. The number of aromatic amines is 1. The van der Waals surface area contributed by atoms with Crippen LogP contribution >= 0.6 is 11.3 Å². The molecule has 0 saturated heterocycles. The maximum atomic E-state index is 12.1. The predicted octanol–water partition coefficient (Wildman–Crippen LogP) is 1.76. The van der Waals surface area contributed by atoms with Gasteiger partial charge in [0.1, 0.15) is 17.8 Å². The molecule has 0 unspecified atom stereocenters. The van der Waals surface area contributed by atoms with Crippen molar-refractivity contribution in [1.29, 1.82) is 0 Å². The van der Waals surface area contributed by atoms with Gasteiger partial charge < -0.3 is 9.73 Å². The summed E-state index contributed by atoms with van der Waals surface area (Å²) in [5, 5.41) is 9.83. The first-order valence-electron chi connectivity index (χ1n) is 5.88. The van der Waals surface area contributed by atoms with Gasteiger partial charge in [0.2, 0.25) is 0 Å². The number of hydrogen-bond donors (Lipinski definition) is 2. The number of nitrogens with zero attached hydrogens (tertiary/aromatic N) is 3. The normalized spacial score (nSPS) is 10.7.